The van der Waals surface area contributed by atoms with Gasteiger partial charge < -0.3 is 9.15 Å². The number of hydrogen-bond acceptors (Lipinski definition) is 4. The highest BCUT2D eigenvalue weighted by molar-refractivity contribution is 6.31. The Bertz CT molecular complexity index is 855. The van der Waals surface area contributed by atoms with E-state index in [0.29, 0.717) is 22.6 Å². The van der Waals surface area contributed by atoms with Gasteiger partial charge in [0.25, 0.3) is 0 Å². The van der Waals surface area contributed by atoms with Gasteiger partial charge in [0.05, 0.1) is 5.02 Å². The van der Waals surface area contributed by atoms with E-state index in [-0.39, 0.29) is 11.6 Å². The first-order chi connectivity index (χ1) is 11.1. The Morgan fingerprint density at radius 2 is 2.13 bits per heavy atom. The minimum atomic E-state index is -0.576. The zero-order valence-corrected chi connectivity index (χ0v) is 12.6. The second kappa shape index (κ2) is 6.62. The van der Waals surface area contributed by atoms with Crippen LogP contribution in [0.1, 0.15) is 11.5 Å². The number of halogens is 2. The number of carbonyl (C=O) groups is 1. The lowest BCUT2D eigenvalue weighted by molar-refractivity contribution is -0.138. The minimum Gasteiger partial charge on any atom is -0.458 e. The molecule has 0 N–H and O–H groups in total. The molecule has 1 aromatic heterocycles. The number of fused-ring (bicyclic) bond motifs is 1. The first kappa shape index (κ1) is 15.2. The fraction of sp³-hybridized carbons (Fsp3) is 0.0588. The third-order valence-corrected chi connectivity index (χ3v) is 3.41. The average Bonchev–Trinajstić information content (AvgIpc) is 2.95. The summed E-state index contributed by atoms with van der Waals surface area (Å²) < 4.78 is 23.4. The van der Waals surface area contributed by atoms with Gasteiger partial charge in [-0.25, -0.2) is 14.2 Å². The van der Waals surface area contributed by atoms with Crippen LogP contribution in [0.5, 0.6) is 0 Å². The standard InChI is InChI=1S/C17H11ClFNO3/c18-13-9-12(19)6-5-11(13)10-22-17(21)8-7-16-20-14-3-1-2-4-15(14)23-16/h1-9H,10H2/b8-7+. The summed E-state index contributed by atoms with van der Waals surface area (Å²) in [5, 5.41) is 0.209. The highest BCUT2D eigenvalue weighted by Gasteiger charge is 2.06. The van der Waals surface area contributed by atoms with Crippen molar-refractivity contribution in [3.63, 3.8) is 0 Å². The van der Waals surface area contributed by atoms with Crippen LogP contribution in [0.3, 0.4) is 0 Å². The summed E-state index contributed by atoms with van der Waals surface area (Å²) in [5.41, 5.74) is 1.87. The van der Waals surface area contributed by atoms with Crippen molar-refractivity contribution in [2.24, 2.45) is 0 Å². The van der Waals surface area contributed by atoms with Gasteiger partial charge in [-0.2, -0.15) is 0 Å². The number of benzene rings is 2. The van der Waals surface area contributed by atoms with Crippen LogP contribution in [0.25, 0.3) is 17.2 Å². The maximum Gasteiger partial charge on any atom is 0.331 e. The molecule has 23 heavy (non-hydrogen) atoms. The average molecular weight is 332 g/mol. The van der Waals surface area contributed by atoms with Crippen molar-refractivity contribution in [1.82, 2.24) is 4.98 Å². The van der Waals surface area contributed by atoms with Crippen molar-refractivity contribution in [2.45, 2.75) is 6.61 Å². The fourth-order valence-corrected chi connectivity index (χ4v) is 2.16. The molecule has 3 rings (SSSR count). The first-order valence-electron chi connectivity index (χ1n) is 6.76. The van der Waals surface area contributed by atoms with Crippen molar-refractivity contribution >= 4 is 34.7 Å². The molecule has 0 atom stereocenters. The van der Waals surface area contributed by atoms with Crippen molar-refractivity contribution < 1.29 is 18.3 Å². The Hall–Kier alpha value is -2.66. The van der Waals surface area contributed by atoms with Crippen molar-refractivity contribution in [3.8, 4) is 0 Å². The van der Waals surface area contributed by atoms with Gasteiger partial charge in [0.15, 0.2) is 5.58 Å². The largest absolute Gasteiger partial charge is 0.458 e. The van der Waals surface area contributed by atoms with E-state index < -0.39 is 11.8 Å². The predicted octanol–water partition coefficient (Wildman–Crippen LogP) is 4.38. The topological polar surface area (TPSA) is 52.3 Å². The van der Waals surface area contributed by atoms with Gasteiger partial charge in [-0.05, 0) is 24.3 Å². The van der Waals surface area contributed by atoms with Crippen LogP contribution in [0.15, 0.2) is 53.0 Å². The normalized spacial score (nSPS) is 11.2. The van der Waals surface area contributed by atoms with Gasteiger partial charge in [-0.1, -0.05) is 29.8 Å². The number of carbonyl (C=O) groups excluding carboxylic acids is 1. The molecule has 1 heterocycles. The quantitative estimate of drug-likeness (QED) is 0.526. The van der Waals surface area contributed by atoms with Crippen LogP contribution in [-0.2, 0) is 16.1 Å². The molecule has 3 aromatic rings. The van der Waals surface area contributed by atoms with Crippen molar-refractivity contribution in [3.05, 3.63) is 70.8 Å². The Morgan fingerprint density at radius 1 is 1.30 bits per heavy atom. The lowest BCUT2D eigenvalue weighted by Crippen LogP contribution is -2.01. The number of nitrogens with zero attached hydrogens (tertiary/aromatic N) is 1. The summed E-state index contributed by atoms with van der Waals surface area (Å²) in [6.07, 6.45) is 2.64. The molecule has 0 aliphatic heterocycles. The number of hydrogen-bond donors (Lipinski definition) is 0. The molecule has 0 saturated heterocycles. The maximum atomic E-state index is 12.9. The molecule has 2 aromatic carbocycles. The van der Waals surface area contributed by atoms with Gasteiger partial charge in [0.1, 0.15) is 17.9 Å². The molecule has 0 radical (unpaired) electrons. The summed E-state index contributed by atoms with van der Waals surface area (Å²) in [6, 6.07) is 11.2. The van der Waals surface area contributed by atoms with E-state index in [1.165, 1.54) is 30.4 Å². The van der Waals surface area contributed by atoms with E-state index in [1.807, 2.05) is 18.2 Å². The SMILES string of the molecule is O=C(/C=C/c1nc2ccccc2o1)OCc1ccc(F)cc1Cl. The summed E-state index contributed by atoms with van der Waals surface area (Å²) in [6.45, 7) is -0.0458. The zero-order chi connectivity index (χ0) is 16.2. The number of ether oxygens (including phenoxy) is 1. The zero-order valence-electron chi connectivity index (χ0n) is 11.8. The second-order valence-corrected chi connectivity index (χ2v) is 5.10. The van der Waals surface area contributed by atoms with Crippen LogP contribution >= 0.6 is 11.6 Å². The number of aromatic nitrogens is 1. The van der Waals surface area contributed by atoms with E-state index in [2.05, 4.69) is 4.98 Å². The minimum absolute atomic E-state index is 0.0458. The van der Waals surface area contributed by atoms with Gasteiger partial charge in [0.2, 0.25) is 5.89 Å². The monoisotopic (exact) mass is 331 g/mol. The number of esters is 1. The lowest BCUT2D eigenvalue weighted by Gasteiger charge is -2.04. The third kappa shape index (κ3) is 3.76. The highest BCUT2D eigenvalue weighted by atomic mass is 35.5. The van der Waals surface area contributed by atoms with Crippen LogP contribution in [-0.4, -0.2) is 11.0 Å². The van der Waals surface area contributed by atoms with Crippen molar-refractivity contribution in [1.29, 1.82) is 0 Å². The molecular formula is C17H11ClFNO3. The highest BCUT2D eigenvalue weighted by Crippen LogP contribution is 2.18. The molecule has 0 aliphatic rings. The van der Waals surface area contributed by atoms with E-state index in [4.69, 9.17) is 20.8 Å². The number of rotatable bonds is 4. The summed E-state index contributed by atoms with van der Waals surface area (Å²) in [5.74, 6) is -0.712. The molecule has 0 amide bonds. The Balaban J connectivity index is 1.62. The fourth-order valence-electron chi connectivity index (χ4n) is 1.94. The Kier molecular flexibility index (Phi) is 4.39. The molecule has 116 valence electrons. The van der Waals surface area contributed by atoms with Gasteiger partial charge in [-0.3, -0.25) is 0 Å². The number of para-hydroxylation sites is 2. The first-order valence-corrected chi connectivity index (χ1v) is 7.14. The van der Waals surface area contributed by atoms with Crippen LogP contribution in [0.2, 0.25) is 5.02 Å². The Labute approximate surface area is 136 Å². The van der Waals surface area contributed by atoms with Gasteiger partial charge >= 0.3 is 5.97 Å². The molecule has 0 unspecified atom stereocenters. The van der Waals surface area contributed by atoms with E-state index in [9.17, 15) is 9.18 Å². The van der Waals surface area contributed by atoms with Gasteiger partial charge in [0, 0.05) is 17.7 Å². The molecule has 0 bridgehead atoms. The van der Waals surface area contributed by atoms with Crippen molar-refractivity contribution in [2.75, 3.05) is 0 Å². The molecule has 0 saturated carbocycles. The summed E-state index contributed by atoms with van der Waals surface area (Å²) in [4.78, 5) is 15.9. The molecule has 0 spiro atoms. The second-order valence-electron chi connectivity index (χ2n) is 4.70. The van der Waals surface area contributed by atoms with E-state index in [0.717, 1.165) is 0 Å². The van der Waals surface area contributed by atoms with Crippen LogP contribution in [0.4, 0.5) is 4.39 Å². The molecular weight excluding hydrogens is 321 g/mol. The lowest BCUT2D eigenvalue weighted by atomic mass is 10.2. The maximum absolute atomic E-state index is 12.9. The van der Waals surface area contributed by atoms with Crippen LogP contribution < -0.4 is 0 Å². The molecule has 6 heteroatoms. The molecule has 0 aliphatic carbocycles. The summed E-state index contributed by atoms with van der Waals surface area (Å²) in [7, 11) is 0. The Morgan fingerprint density at radius 3 is 2.91 bits per heavy atom. The van der Waals surface area contributed by atoms with Gasteiger partial charge in [-0.15, -0.1) is 0 Å². The van der Waals surface area contributed by atoms with E-state index >= 15 is 0 Å². The van der Waals surface area contributed by atoms with Crippen LogP contribution in [0, 0.1) is 5.82 Å². The molecule has 0 fully saturated rings. The molecule has 4 nitrogen and oxygen atoms in total. The number of oxazole rings is 1. The predicted molar refractivity (Wildman–Crippen MR) is 84.2 cm³/mol. The smallest absolute Gasteiger partial charge is 0.331 e. The summed E-state index contributed by atoms with van der Waals surface area (Å²) >= 11 is 5.86. The third-order valence-electron chi connectivity index (χ3n) is 3.06. The van der Waals surface area contributed by atoms with E-state index in [1.54, 1.807) is 6.07 Å².